The Morgan fingerprint density at radius 3 is 2.91 bits per heavy atom. The van der Waals surface area contributed by atoms with Crippen LogP contribution in [0.5, 0.6) is 0 Å². The van der Waals surface area contributed by atoms with Crippen LogP contribution in [0.3, 0.4) is 0 Å². The third-order valence-electron chi connectivity index (χ3n) is 3.85. The Morgan fingerprint density at radius 2 is 2.05 bits per heavy atom. The number of imidazole rings is 1. The molecule has 0 amide bonds. The molecule has 0 N–H and O–H groups in total. The summed E-state index contributed by atoms with van der Waals surface area (Å²) >= 11 is 0. The fourth-order valence-corrected chi connectivity index (χ4v) is 2.72. The molecule has 6 heteroatoms. The van der Waals surface area contributed by atoms with Gasteiger partial charge in [0.1, 0.15) is 5.82 Å². The number of nitrogens with zero attached hydrogens (tertiary/aromatic N) is 6. The first-order valence-electron chi connectivity index (χ1n) is 7.29. The average molecular weight is 292 g/mol. The summed E-state index contributed by atoms with van der Waals surface area (Å²) in [5.41, 5.74) is 3.11. The summed E-state index contributed by atoms with van der Waals surface area (Å²) < 4.78 is 2.19. The molecule has 4 heterocycles. The number of hydrogen-bond donors (Lipinski definition) is 0. The van der Waals surface area contributed by atoms with E-state index in [0.29, 0.717) is 0 Å². The van der Waals surface area contributed by atoms with Crippen LogP contribution in [0.2, 0.25) is 0 Å². The Kier molecular flexibility index (Phi) is 3.07. The molecular formula is C16H16N6. The second-order valence-electron chi connectivity index (χ2n) is 5.43. The first-order valence-corrected chi connectivity index (χ1v) is 7.29. The van der Waals surface area contributed by atoms with Gasteiger partial charge in [-0.15, -0.1) is 0 Å². The monoisotopic (exact) mass is 292 g/mol. The molecule has 0 atom stereocenters. The van der Waals surface area contributed by atoms with Crippen LogP contribution in [0.15, 0.2) is 43.1 Å². The molecule has 1 aliphatic rings. The highest BCUT2D eigenvalue weighted by Crippen LogP contribution is 2.22. The Hall–Kier alpha value is -2.76. The first-order chi connectivity index (χ1) is 10.8. The van der Waals surface area contributed by atoms with Crippen molar-refractivity contribution >= 4 is 5.82 Å². The summed E-state index contributed by atoms with van der Waals surface area (Å²) in [5.74, 6) is 1.68. The van der Waals surface area contributed by atoms with Gasteiger partial charge in [0.15, 0.2) is 5.82 Å². The molecule has 4 rings (SSSR count). The quantitative estimate of drug-likeness (QED) is 0.723. The molecule has 0 saturated heterocycles. The maximum absolute atomic E-state index is 4.73. The van der Waals surface area contributed by atoms with E-state index in [-0.39, 0.29) is 0 Å². The van der Waals surface area contributed by atoms with E-state index in [4.69, 9.17) is 4.98 Å². The van der Waals surface area contributed by atoms with Gasteiger partial charge in [0.25, 0.3) is 0 Å². The van der Waals surface area contributed by atoms with Gasteiger partial charge < -0.3 is 9.47 Å². The van der Waals surface area contributed by atoms with E-state index in [2.05, 4.69) is 24.4 Å². The maximum atomic E-state index is 4.73. The van der Waals surface area contributed by atoms with Crippen molar-refractivity contribution in [3.05, 3.63) is 54.5 Å². The summed E-state index contributed by atoms with van der Waals surface area (Å²) in [6.45, 7) is 4.68. The van der Waals surface area contributed by atoms with Crippen molar-refractivity contribution in [2.24, 2.45) is 0 Å². The second-order valence-corrected chi connectivity index (χ2v) is 5.43. The minimum absolute atomic E-state index is 0.724. The van der Waals surface area contributed by atoms with E-state index in [9.17, 15) is 0 Å². The molecule has 6 nitrogen and oxygen atoms in total. The fourth-order valence-electron chi connectivity index (χ4n) is 2.72. The highest BCUT2D eigenvalue weighted by molar-refractivity contribution is 5.56. The molecule has 0 unspecified atom stereocenters. The minimum Gasteiger partial charge on any atom is -0.349 e. The molecule has 22 heavy (non-hydrogen) atoms. The molecular weight excluding hydrogens is 276 g/mol. The lowest BCUT2D eigenvalue weighted by atomic mass is 10.2. The molecule has 3 aromatic rings. The first kappa shape index (κ1) is 12.9. The predicted molar refractivity (Wildman–Crippen MR) is 83.3 cm³/mol. The maximum Gasteiger partial charge on any atom is 0.163 e. The smallest absolute Gasteiger partial charge is 0.163 e. The number of anilines is 1. The number of pyridine rings is 1. The zero-order valence-electron chi connectivity index (χ0n) is 12.3. The van der Waals surface area contributed by atoms with Gasteiger partial charge in [-0.3, -0.25) is 4.98 Å². The van der Waals surface area contributed by atoms with Crippen LogP contribution in [0, 0.1) is 6.92 Å². The van der Waals surface area contributed by atoms with Crippen LogP contribution in [-0.2, 0) is 13.1 Å². The third-order valence-corrected chi connectivity index (χ3v) is 3.85. The number of aryl methyl sites for hydroxylation is 1. The summed E-state index contributed by atoms with van der Waals surface area (Å²) in [5, 5.41) is 0. The van der Waals surface area contributed by atoms with E-state index in [1.165, 1.54) is 5.69 Å². The number of hydrogen-bond acceptors (Lipinski definition) is 5. The van der Waals surface area contributed by atoms with E-state index < -0.39 is 0 Å². The van der Waals surface area contributed by atoms with E-state index >= 15 is 0 Å². The van der Waals surface area contributed by atoms with Crippen LogP contribution in [0.1, 0.15) is 11.4 Å². The normalized spacial score (nSPS) is 14.0. The van der Waals surface area contributed by atoms with Crippen LogP contribution >= 0.6 is 0 Å². The number of fused-ring (bicyclic) bond motifs is 1. The van der Waals surface area contributed by atoms with Crippen molar-refractivity contribution in [3.63, 3.8) is 0 Å². The van der Waals surface area contributed by atoms with E-state index in [0.717, 1.165) is 42.5 Å². The van der Waals surface area contributed by atoms with E-state index in [1.807, 2.05) is 37.6 Å². The third kappa shape index (κ3) is 2.32. The summed E-state index contributed by atoms with van der Waals surface area (Å²) in [7, 11) is 0. The van der Waals surface area contributed by atoms with Crippen molar-refractivity contribution in [1.82, 2.24) is 24.5 Å². The number of rotatable bonds is 2. The molecule has 3 aromatic heterocycles. The molecule has 0 fully saturated rings. The second kappa shape index (κ2) is 5.22. The Labute approximate surface area is 128 Å². The van der Waals surface area contributed by atoms with E-state index in [1.54, 1.807) is 12.4 Å². The SMILES string of the molecule is Cc1cc(N2CCn3cncc3C2)nc(-c2cccnc2)n1. The zero-order chi connectivity index (χ0) is 14.9. The standard InChI is InChI=1S/C16H16N6/c1-12-7-15(20-16(19-12)13-3-2-4-17-8-13)21-5-6-22-11-18-9-14(22)10-21/h2-4,7-9,11H,5-6,10H2,1H3. The number of aromatic nitrogens is 5. The van der Waals surface area contributed by atoms with Crippen LogP contribution < -0.4 is 4.90 Å². The fraction of sp³-hybridized carbons (Fsp3) is 0.250. The highest BCUT2D eigenvalue weighted by atomic mass is 15.3. The molecule has 0 aliphatic carbocycles. The highest BCUT2D eigenvalue weighted by Gasteiger charge is 2.18. The molecule has 0 aromatic carbocycles. The van der Waals surface area contributed by atoms with Crippen molar-refractivity contribution < 1.29 is 0 Å². The lowest BCUT2D eigenvalue weighted by molar-refractivity contribution is 0.567. The lowest BCUT2D eigenvalue weighted by Crippen LogP contribution is -2.33. The van der Waals surface area contributed by atoms with Crippen molar-refractivity contribution in [2.75, 3.05) is 11.4 Å². The Balaban J connectivity index is 1.70. The minimum atomic E-state index is 0.724. The van der Waals surface area contributed by atoms with Gasteiger partial charge in [0.2, 0.25) is 0 Å². The van der Waals surface area contributed by atoms with Gasteiger partial charge in [0, 0.05) is 49.0 Å². The van der Waals surface area contributed by atoms with Gasteiger partial charge >= 0.3 is 0 Å². The summed E-state index contributed by atoms with van der Waals surface area (Å²) in [6.07, 6.45) is 7.36. The lowest BCUT2D eigenvalue weighted by Gasteiger charge is -2.29. The van der Waals surface area contributed by atoms with Crippen molar-refractivity contribution in [2.45, 2.75) is 20.0 Å². The Bertz CT molecular complexity index is 795. The molecule has 110 valence electrons. The average Bonchev–Trinajstić information content (AvgIpc) is 3.02. The molecule has 0 radical (unpaired) electrons. The topological polar surface area (TPSA) is 59.7 Å². The van der Waals surface area contributed by atoms with Gasteiger partial charge in [-0.2, -0.15) is 0 Å². The van der Waals surface area contributed by atoms with Crippen LogP contribution in [-0.4, -0.2) is 31.0 Å². The zero-order valence-corrected chi connectivity index (χ0v) is 12.3. The van der Waals surface area contributed by atoms with Gasteiger partial charge in [-0.05, 0) is 19.1 Å². The molecule has 0 spiro atoms. The van der Waals surface area contributed by atoms with Crippen molar-refractivity contribution in [3.8, 4) is 11.4 Å². The van der Waals surface area contributed by atoms with Gasteiger partial charge in [-0.1, -0.05) is 0 Å². The molecule has 0 bridgehead atoms. The summed E-state index contributed by atoms with van der Waals surface area (Å²) in [6, 6.07) is 5.92. The molecule has 0 saturated carbocycles. The van der Waals surface area contributed by atoms with Gasteiger partial charge in [-0.25, -0.2) is 15.0 Å². The van der Waals surface area contributed by atoms with Crippen molar-refractivity contribution in [1.29, 1.82) is 0 Å². The van der Waals surface area contributed by atoms with Crippen LogP contribution in [0.4, 0.5) is 5.82 Å². The van der Waals surface area contributed by atoms with Gasteiger partial charge in [0.05, 0.1) is 18.6 Å². The Morgan fingerprint density at radius 1 is 1.09 bits per heavy atom. The predicted octanol–water partition coefficient (Wildman–Crippen LogP) is 2.06. The molecule has 1 aliphatic heterocycles. The summed E-state index contributed by atoms with van der Waals surface area (Å²) in [4.78, 5) is 19.9. The largest absolute Gasteiger partial charge is 0.349 e. The van der Waals surface area contributed by atoms with Crippen LogP contribution in [0.25, 0.3) is 11.4 Å².